The minimum atomic E-state index is 0.166. The van der Waals surface area contributed by atoms with Gasteiger partial charge in [0.1, 0.15) is 17.4 Å². The minimum absolute atomic E-state index is 0.166. The Morgan fingerprint density at radius 3 is 2.22 bits per heavy atom. The molecule has 3 heterocycles. The fraction of sp³-hybridized carbons (Fsp3) is 0.241. The molecule has 0 saturated carbocycles. The third kappa shape index (κ3) is 4.34. The van der Waals surface area contributed by atoms with Crippen LogP contribution in [0.25, 0.3) is 21.9 Å². The fourth-order valence-corrected chi connectivity index (χ4v) is 5.46. The predicted molar refractivity (Wildman–Crippen MR) is 148 cm³/mol. The first kappa shape index (κ1) is 23.6. The molecule has 1 saturated heterocycles. The Hall–Kier alpha value is -3.81. The third-order valence-electron chi connectivity index (χ3n) is 7.15. The van der Waals surface area contributed by atoms with Crippen molar-refractivity contribution in [3.8, 4) is 11.5 Å². The summed E-state index contributed by atoms with van der Waals surface area (Å²) in [5.41, 5.74) is 5.28. The molecule has 1 aliphatic rings. The van der Waals surface area contributed by atoms with Crippen molar-refractivity contribution in [1.29, 1.82) is 0 Å². The molecule has 1 atom stereocenters. The molecule has 8 heteroatoms. The van der Waals surface area contributed by atoms with E-state index in [1.807, 2.05) is 24.3 Å². The first-order valence-corrected chi connectivity index (χ1v) is 12.7. The average molecular weight is 514 g/mol. The highest BCUT2D eigenvalue weighted by Gasteiger charge is 2.28. The third-order valence-corrected chi connectivity index (χ3v) is 7.40. The SMILES string of the molecule is COc1cc2[nH]c3c(N4CCN([C@H](c5ccccc5)c5ccc(Cl)cc5)CC4)ncnc3c2cc1OC. The van der Waals surface area contributed by atoms with Crippen LogP contribution in [0.5, 0.6) is 11.5 Å². The number of anilines is 1. The van der Waals surface area contributed by atoms with Gasteiger partial charge in [0.25, 0.3) is 0 Å². The molecule has 37 heavy (non-hydrogen) atoms. The number of nitrogens with zero attached hydrogens (tertiary/aromatic N) is 4. The Balaban J connectivity index is 1.30. The van der Waals surface area contributed by atoms with Gasteiger partial charge in [-0.15, -0.1) is 0 Å². The van der Waals surface area contributed by atoms with Gasteiger partial charge in [0, 0.05) is 42.7 Å². The largest absolute Gasteiger partial charge is 0.493 e. The van der Waals surface area contributed by atoms with E-state index in [1.54, 1.807) is 20.5 Å². The van der Waals surface area contributed by atoms with E-state index in [1.165, 1.54) is 11.1 Å². The number of rotatable bonds is 6. The second kappa shape index (κ2) is 9.92. The second-order valence-corrected chi connectivity index (χ2v) is 9.62. The minimum Gasteiger partial charge on any atom is -0.493 e. The maximum absolute atomic E-state index is 6.20. The Morgan fingerprint density at radius 1 is 0.838 bits per heavy atom. The van der Waals surface area contributed by atoms with E-state index in [4.69, 9.17) is 26.1 Å². The molecule has 0 unspecified atom stereocenters. The standard InChI is InChI=1S/C29H28ClN5O2/c1-36-24-16-22-23(17-25(24)37-2)33-27-26(22)31-18-32-29(27)35-14-12-34(13-15-35)28(19-6-4-3-5-7-19)20-8-10-21(30)11-9-20/h3-11,16-18,28,33H,12-15H2,1-2H3/t28-/m1/s1. The molecule has 1 N–H and O–H groups in total. The zero-order valence-electron chi connectivity index (χ0n) is 20.8. The van der Waals surface area contributed by atoms with Crippen molar-refractivity contribution in [2.45, 2.75) is 6.04 Å². The van der Waals surface area contributed by atoms with E-state index >= 15 is 0 Å². The van der Waals surface area contributed by atoms with Crippen LogP contribution >= 0.6 is 11.6 Å². The zero-order chi connectivity index (χ0) is 25.4. The van der Waals surface area contributed by atoms with Gasteiger partial charge in [0.05, 0.1) is 25.8 Å². The van der Waals surface area contributed by atoms with E-state index in [-0.39, 0.29) is 6.04 Å². The lowest BCUT2D eigenvalue weighted by molar-refractivity contribution is 0.212. The first-order valence-electron chi connectivity index (χ1n) is 12.3. The van der Waals surface area contributed by atoms with Crippen LogP contribution in [0, 0.1) is 0 Å². The summed E-state index contributed by atoms with van der Waals surface area (Å²) in [7, 11) is 3.29. The van der Waals surface area contributed by atoms with Crippen molar-refractivity contribution in [3.63, 3.8) is 0 Å². The maximum atomic E-state index is 6.20. The second-order valence-electron chi connectivity index (χ2n) is 9.19. The Kier molecular flexibility index (Phi) is 6.32. The zero-order valence-corrected chi connectivity index (χ0v) is 21.6. The molecule has 2 aromatic heterocycles. The molecule has 0 radical (unpaired) electrons. The molecule has 7 nitrogen and oxygen atoms in total. The van der Waals surface area contributed by atoms with Crippen molar-refractivity contribution in [3.05, 3.63) is 89.2 Å². The van der Waals surface area contributed by atoms with Gasteiger partial charge in [-0.3, -0.25) is 4.90 Å². The molecule has 1 aliphatic heterocycles. The Morgan fingerprint density at radius 2 is 1.51 bits per heavy atom. The van der Waals surface area contributed by atoms with Crippen molar-refractivity contribution in [1.82, 2.24) is 19.9 Å². The van der Waals surface area contributed by atoms with Crippen molar-refractivity contribution in [2.75, 3.05) is 45.3 Å². The summed E-state index contributed by atoms with van der Waals surface area (Å²) in [5.74, 6) is 2.28. The summed E-state index contributed by atoms with van der Waals surface area (Å²) in [5, 5.41) is 1.74. The van der Waals surface area contributed by atoms with Crippen LogP contribution in [0.15, 0.2) is 73.1 Å². The van der Waals surface area contributed by atoms with Crippen LogP contribution in [-0.2, 0) is 0 Å². The summed E-state index contributed by atoms with van der Waals surface area (Å²) >= 11 is 6.20. The number of H-pyrrole nitrogens is 1. The Labute approximate surface area is 220 Å². The van der Waals surface area contributed by atoms with Crippen LogP contribution in [0.4, 0.5) is 5.82 Å². The van der Waals surface area contributed by atoms with Gasteiger partial charge in [0.15, 0.2) is 17.3 Å². The maximum Gasteiger partial charge on any atom is 0.162 e. The Bertz CT molecular complexity index is 1530. The monoisotopic (exact) mass is 513 g/mol. The fourth-order valence-electron chi connectivity index (χ4n) is 5.33. The van der Waals surface area contributed by atoms with E-state index in [0.717, 1.165) is 59.0 Å². The number of aromatic nitrogens is 3. The molecule has 188 valence electrons. The van der Waals surface area contributed by atoms with E-state index in [9.17, 15) is 0 Å². The van der Waals surface area contributed by atoms with Crippen molar-refractivity contribution < 1.29 is 9.47 Å². The van der Waals surface area contributed by atoms with Gasteiger partial charge in [0.2, 0.25) is 0 Å². The van der Waals surface area contributed by atoms with Crippen LogP contribution < -0.4 is 14.4 Å². The van der Waals surface area contributed by atoms with E-state index in [2.05, 4.69) is 62.2 Å². The van der Waals surface area contributed by atoms with Crippen LogP contribution in [-0.4, -0.2) is 60.3 Å². The van der Waals surface area contributed by atoms with Gasteiger partial charge in [-0.1, -0.05) is 54.1 Å². The topological polar surface area (TPSA) is 66.5 Å². The van der Waals surface area contributed by atoms with Gasteiger partial charge in [-0.05, 0) is 29.3 Å². The lowest BCUT2D eigenvalue weighted by Gasteiger charge is -2.40. The molecule has 3 aromatic carbocycles. The van der Waals surface area contributed by atoms with Gasteiger partial charge in [-0.25, -0.2) is 9.97 Å². The number of methoxy groups -OCH3 is 2. The van der Waals surface area contributed by atoms with Gasteiger partial charge >= 0.3 is 0 Å². The molecule has 5 aromatic rings. The molecule has 0 amide bonds. The number of nitrogens with one attached hydrogen (secondary N) is 1. The number of hydrogen-bond acceptors (Lipinski definition) is 6. The van der Waals surface area contributed by atoms with Crippen molar-refractivity contribution in [2.24, 2.45) is 0 Å². The summed E-state index contributed by atoms with van der Waals surface area (Å²) in [6.07, 6.45) is 1.65. The summed E-state index contributed by atoms with van der Waals surface area (Å²) in [4.78, 5) is 17.7. The van der Waals surface area contributed by atoms with E-state index < -0.39 is 0 Å². The number of benzene rings is 3. The number of halogens is 1. The predicted octanol–water partition coefficient (Wildman–Crippen LogP) is 5.69. The van der Waals surface area contributed by atoms with E-state index in [0.29, 0.717) is 11.5 Å². The van der Waals surface area contributed by atoms with Gasteiger partial charge < -0.3 is 19.4 Å². The first-order chi connectivity index (χ1) is 18.2. The van der Waals surface area contributed by atoms with Gasteiger partial charge in [-0.2, -0.15) is 0 Å². The molecule has 6 rings (SSSR count). The quantitative estimate of drug-likeness (QED) is 0.314. The van der Waals surface area contributed by atoms with Crippen molar-refractivity contribution >= 4 is 39.4 Å². The average Bonchev–Trinajstić information content (AvgIpc) is 3.32. The number of piperazine rings is 1. The lowest BCUT2D eigenvalue weighted by atomic mass is 9.96. The molecular formula is C29H28ClN5O2. The van der Waals surface area contributed by atoms with Crippen LogP contribution in [0.3, 0.4) is 0 Å². The smallest absolute Gasteiger partial charge is 0.162 e. The number of ether oxygens (including phenoxy) is 2. The summed E-state index contributed by atoms with van der Waals surface area (Å²) in [6.45, 7) is 3.50. The normalized spacial score (nSPS) is 15.3. The van der Waals surface area contributed by atoms with Crippen LogP contribution in [0.1, 0.15) is 17.2 Å². The molecular weight excluding hydrogens is 486 g/mol. The molecule has 0 aliphatic carbocycles. The molecule has 1 fully saturated rings. The molecule has 0 spiro atoms. The molecule has 0 bridgehead atoms. The number of hydrogen-bond donors (Lipinski definition) is 1. The highest BCUT2D eigenvalue weighted by atomic mass is 35.5. The van der Waals surface area contributed by atoms with Crippen LogP contribution in [0.2, 0.25) is 5.02 Å². The number of fused-ring (bicyclic) bond motifs is 3. The number of aromatic amines is 1. The lowest BCUT2D eigenvalue weighted by Crippen LogP contribution is -2.48. The highest BCUT2D eigenvalue weighted by Crippen LogP contribution is 2.37. The highest BCUT2D eigenvalue weighted by molar-refractivity contribution is 6.30. The summed E-state index contributed by atoms with van der Waals surface area (Å²) in [6, 6.07) is 23.0. The summed E-state index contributed by atoms with van der Waals surface area (Å²) < 4.78 is 11.0.